The van der Waals surface area contributed by atoms with Crippen LogP contribution in [-0.4, -0.2) is 35.2 Å². The number of carbonyl (C=O) groups is 3. The Kier molecular flexibility index (Phi) is 6.56. The molecule has 25 heavy (non-hydrogen) atoms. The highest BCUT2D eigenvalue weighted by Gasteiger charge is 2.38. The van der Waals surface area contributed by atoms with Gasteiger partial charge in [-0.3, -0.25) is 19.7 Å². The van der Waals surface area contributed by atoms with Crippen molar-refractivity contribution in [2.75, 3.05) is 6.54 Å². The Balaban J connectivity index is 0.00000225. The third-order valence-electron chi connectivity index (χ3n) is 4.76. The molecule has 0 saturated carbocycles. The Bertz CT molecular complexity index is 678. The summed E-state index contributed by atoms with van der Waals surface area (Å²) in [7, 11) is 0. The highest BCUT2D eigenvalue weighted by molar-refractivity contribution is 6.05. The average Bonchev–Trinajstić information content (AvgIpc) is 2.88. The molecule has 1 saturated heterocycles. The van der Waals surface area contributed by atoms with Crippen LogP contribution in [-0.2, 0) is 22.6 Å². The first kappa shape index (κ1) is 19.4. The van der Waals surface area contributed by atoms with Gasteiger partial charge < -0.3 is 10.6 Å². The van der Waals surface area contributed by atoms with Crippen LogP contribution in [0.5, 0.6) is 0 Å². The van der Waals surface area contributed by atoms with Crippen LogP contribution in [0.1, 0.15) is 53.6 Å². The third-order valence-corrected chi connectivity index (χ3v) is 4.76. The molecule has 7 heteroatoms. The topological polar surface area (TPSA) is 92.5 Å². The van der Waals surface area contributed by atoms with Crippen molar-refractivity contribution < 1.29 is 14.4 Å². The summed E-state index contributed by atoms with van der Waals surface area (Å²) in [5, 5.41) is 2.32. The number of hydrogen-bond donors (Lipinski definition) is 2. The number of amides is 3. The zero-order valence-electron chi connectivity index (χ0n) is 14.1. The first-order chi connectivity index (χ1) is 11.6. The Morgan fingerprint density at radius 2 is 1.96 bits per heavy atom. The molecule has 0 aliphatic carbocycles. The lowest BCUT2D eigenvalue weighted by molar-refractivity contribution is -0.136. The Morgan fingerprint density at radius 1 is 1.16 bits per heavy atom. The van der Waals surface area contributed by atoms with Crippen LogP contribution >= 0.6 is 12.4 Å². The van der Waals surface area contributed by atoms with Gasteiger partial charge in [0.2, 0.25) is 11.8 Å². The molecular formula is C18H24ClN3O3. The molecule has 1 aromatic carbocycles. The molecule has 2 aliphatic heterocycles. The summed E-state index contributed by atoms with van der Waals surface area (Å²) in [6, 6.07) is 5.38. The largest absolute Gasteiger partial charge is 0.330 e. The number of halogens is 1. The highest BCUT2D eigenvalue weighted by atomic mass is 35.5. The third kappa shape index (κ3) is 4.19. The lowest BCUT2D eigenvalue weighted by Gasteiger charge is -2.29. The van der Waals surface area contributed by atoms with Crippen molar-refractivity contribution >= 4 is 30.1 Å². The van der Waals surface area contributed by atoms with Crippen LogP contribution in [0.15, 0.2) is 18.2 Å². The molecule has 0 spiro atoms. The van der Waals surface area contributed by atoms with E-state index in [4.69, 9.17) is 5.73 Å². The molecule has 2 aliphatic rings. The van der Waals surface area contributed by atoms with Crippen molar-refractivity contribution in [1.29, 1.82) is 0 Å². The van der Waals surface area contributed by atoms with Gasteiger partial charge in [0, 0.05) is 18.5 Å². The molecule has 136 valence electrons. The molecule has 3 amide bonds. The van der Waals surface area contributed by atoms with E-state index < -0.39 is 6.04 Å². The number of fused-ring (bicyclic) bond motifs is 1. The number of rotatable bonds is 6. The van der Waals surface area contributed by atoms with E-state index in [1.807, 2.05) is 12.1 Å². The fraction of sp³-hybridized carbons (Fsp3) is 0.500. The smallest absolute Gasteiger partial charge is 0.255 e. The zero-order chi connectivity index (χ0) is 17.1. The molecule has 0 aromatic heterocycles. The van der Waals surface area contributed by atoms with Crippen LogP contribution in [0.25, 0.3) is 0 Å². The van der Waals surface area contributed by atoms with Crippen molar-refractivity contribution in [2.45, 2.75) is 51.1 Å². The minimum Gasteiger partial charge on any atom is -0.330 e. The number of unbranched alkanes of at least 4 members (excludes halogenated alkanes) is 2. The SMILES string of the molecule is Cl.NCCCCCc1ccc2c(c1)CN(C1CCC(=O)NC1=O)C2=O. The van der Waals surface area contributed by atoms with Crippen LogP contribution in [0.4, 0.5) is 0 Å². The minimum absolute atomic E-state index is 0. The van der Waals surface area contributed by atoms with Crippen LogP contribution < -0.4 is 11.1 Å². The molecule has 1 unspecified atom stereocenters. The van der Waals surface area contributed by atoms with Gasteiger partial charge >= 0.3 is 0 Å². The maximum atomic E-state index is 12.6. The molecule has 0 radical (unpaired) electrons. The second-order valence-corrected chi connectivity index (χ2v) is 6.49. The first-order valence-electron chi connectivity index (χ1n) is 8.56. The number of hydrogen-bond acceptors (Lipinski definition) is 4. The van der Waals surface area contributed by atoms with E-state index in [0.29, 0.717) is 18.5 Å². The number of carbonyl (C=O) groups excluding carboxylic acids is 3. The van der Waals surface area contributed by atoms with Crippen LogP contribution in [0.3, 0.4) is 0 Å². The number of aryl methyl sites for hydroxylation is 1. The molecule has 1 fully saturated rings. The first-order valence-corrected chi connectivity index (χ1v) is 8.56. The van der Waals surface area contributed by atoms with Crippen LogP contribution in [0.2, 0.25) is 0 Å². The van der Waals surface area contributed by atoms with Gasteiger partial charge in [0.15, 0.2) is 0 Å². The quantitative estimate of drug-likeness (QED) is 0.590. The minimum atomic E-state index is -0.546. The molecule has 1 atom stereocenters. The number of nitrogens with two attached hydrogens (primary N) is 1. The molecule has 1 aromatic rings. The highest BCUT2D eigenvalue weighted by Crippen LogP contribution is 2.28. The number of nitrogens with one attached hydrogen (secondary N) is 1. The number of benzene rings is 1. The Morgan fingerprint density at radius 3 is 2.68 bits per heavy atom. The van der Waals surface area contributed by atoms with E-state index in [-0.39, 0.29) is 36.5 Å². The summed E-state index contributed by atoms with van der Waals surface area (Å²) in [6.45, 7) is 1.16. The summed E-state index contributed by atoms with van der Waals surface area (Å²) in [6.07, 6.45) is 4.88. The van der Waals surface area contributed by atoms with Gasteiger partial charge in [-0.25, -0.2) is 0 Å². The number of nitrogens with zero attached hydrogens (tertiary/aromatic N) is 1. The van der Waals surface area contributed by atoms with Gasteiger partial charge in [-0.2, -0.15) is 0 Å². The maximum absolute atomic E-state index is 12.6. The van der Waals surface area contributed by atoms with Crippen molar-refractivity contribution in [3.8, 4) is 0 Å². The normalized spacial score (nSPS) is 19.5. The second kappa shape index (κ2) is 8.45. The maximum Gasteiger partial charge on any atom is 0.255 e. The fourth-order valence-corrected chi connectivity index (χ4v) is 3.43. The molecular weight excluding hydrogens is 342 g/mol. The molecule has 3 N–H and O–H groups in total. The number of piperidine rings is 1. The molecule has 3 rings (SSSR count). The van der Waals surface area contributed by atoms with Gasteiger partial charge in [-0.1, -0.05) is 18.6 Å². The van der Waals surface area contributed by atoms with E-state index in [0.717, 1.165) is 37.8 Å². The Hall–Kier alpha value is -1.92. The predicted octanol–water partition coefficient (Wildman–Crippen LogP) is 1.54. The monoisotopic (exact) mass is 365 g/mol. The van der Waals surface area contributed by atoms with Gasteiger partial charge in [0.1, 0.15) is 6.04 Å². The lowest BCUT2D eigenvalue weighted by Crippen LogP contribution is -2.52. The van der Waals surface area contributed by atoms with Crippen molar-refractivity contribution in [3.63, 3.8) is 0 Å². The van der Waals surface area contributed by atoms with Gasteiger partial charge in [-0.05, 0) is 49.4 Å². The van der Waals surface area contributed by atoms with Gasteiger partial charge in [0.25, 0.3) is 5.91 Å². The predicted molar refractivity (Wildman–Crippen MR) is 96.3 cm³/mol. The van der Waals surface area contributed by atoms with Gasteiger partial charge in [0.05, 0.1) is 0 Å². The van der Waals surface area contributed by atoms with Crippen molar-refractivity contribution in [3.05, 3.63) is 34.9 Å². The summed E-state index contributed by atoms with van der Waals surface area (Å²) in [4.78, 5) is 37.5. The second-order valence-electron chi connectivity index (χ2n) is 6.49. The van der Waals surface area contributed by atoms with E-state index in [1.54, 1.807) is 4.90 Å². The summed E-state index contributed by atoms with van der Waals surface area (Å²) >= 11 is 0. The molecule has 2 heterocycles. The van der Waals surface area contributed by atoms with Crippen molar-refractivity contribution in [2.24, 2.45) is 5.73 Å². The van der Waals surface area contributed by atoms with E-state index in [9.17, 15) is 14.4 Å². The van der Waals surface area contributed by atoms with E-state index in [2.05, 4.69) is 11.4 Å². The van der Waals surface area contributed by atoms with E-state index >= 15 is 0 Å². The standard InChI is InChI=1S/C18H23N3O3.ClH/c19-9-3-1-2-4-12-5-6-14-13(10-12)11-21(18(14)24)15-7-8-16(22)20-17(15)23;/h5-6,10,15H,1-4,7-9,11,19H2,(H,20,22,23);1H. The fourth-order valence-electron chi connectivity index (χ4n) is 3.43. The molecule has 6 nitrogen and oxygen atoms in total. The van der Waals surface area contributed by atoms with Crippen molar-refractivity contribution in [1.82, 2.24) is 10.2 Å². The zero-order valence-corrected chi connectivity index (χ0v) is 14.9. The lowest BCUT2D eigenvalue weighted by atomic mass is 10.0. The number of imide groups is 1. The summed E-state index contributed by atoms with van der Waals surface area (Å²) in [5.41, 5.74) is 8.36. The molecule has 0 bridgehead atoms. The van der Waals surface area contributed by atoms with Gasteiger partial charge in [-0.15, -0.1) is 12.4 Å². The van der Waals surface area contributed by atoms with Crippen LogP contribution in [0, 0.1) is 0 Å². The summed E-state index contributed by atoms with van der Waals surface area (Å²) < 4.78 is 0. The average molecular weight is 366 g/mol. The van der Waals surface area contributed by atoms with E-state index in [1.165, 1.54) is 5.56 Å². The Labute approximate surface area is 153 Å². The summed E-state index contributed by atoms with van der Waals surface area (Å²) in [5.74, 6) is -0.747.